The van der Waals surface area contributed by atoms with Gasteiger partial charge in [0.2, 0.25) is 0 Å². The lowest BCUT2D eigenvalue weighted by Crippen LogP contribution is -2.40. The summed E-state index contributed by atoms with van der Waals surface area (Å²) in [6.45, 7) is 1.81. The molecule has 0 bridgehead atoms. The minimum Gasteiger partial charge on any atom is -0.497 e. The molecule has 0 radical (unpaired) electrons. The number of ether oxygens (including phenoxy) is 1. The monoisotopic (exact) mass is 385 g/mol. The molecule has 4 nitrogen and oxygen atoms in total. The fourth-order valence-corrected chi connectivity index (χ4v) is 4.86. The number of methoxy groups -OCH3 is 1. The predicted octanol–water partition coefficient (Wildman–Crippen LogP) is 4.08. The van der Waals surface area contributed by atoms with Crippen molar-refractivity contribution in [2.24, 2.45) is 0 Å². The van der Waals surface area contributed by atoms with Gasteiger partial charge < -0.3 is 4.74 Å². The maximum Gasteiger partial charge on any atom is 0.391 e. The van der Waals surface area contributed by atoms with Gasteiger partial charge in [0.05, 0.1) is 30.2 Å². The van der Waals surface area contributed by atoms with Crippen molar-refractivity contribution in [3.8, 4) is 5.75 Å². The van der Waals surface area contributed by atoms with Gasteiger partial charge in [-0.25, -0.2) is 8.42 Å². The molecule has 0 fully saturated rings. The molecule has 140 valence electrons. The van der Waals surface area contributed by atoms with E-state index in [1.54, 1.807) is 31.2 Å². The van der Waals surface area contributed by atoms with Crippen LogP contribution in [0.2, 0.25) is 0 Å². The summed E-state index contributed by atoms with van der Waals surface area (Å²) in [5.41, 5.74) is 1.65. The van der Waals surface area contributed by atoms with Gasteiger partial charge >= 0.3 is 6.18 Å². The lowest BCUT2D eigenvalue weighted by atomic mass is 10.1. The summed E-state index contributed by atoms with van der Waals surface area (Å²) in [6, 6.07) is 9.48. The van der Waals surface area contributed by atoms with Gasteiger partial charge in [-0.15, -0.1) is 0 Å². The summed E-state index contributed by atoms with van der Waals surface area (Å²) in [7, 11) is -2.67. The van der Waals surface area contributed by atoms with Gasteiger partial charge in [0.15, 0.2) is 0 Å². The zero-order valence-electron chi connectivity index (χ0n) is 14.2. The number of alkyl halides is 3. The highest BCUT2D eigenvalue weighted by atomic mass is 32.2. The van der Waals surface area contributed by atoms with Crippen LogP contribution < -0.4 is 9.04 Å². The van der Waals surface area contributed by atoms with E-state index >= 15 is 0 Å². The standard InChI is InChI=1S/C18H18F3NO3S/c1-12-3-6-16(7-4-12)26(23,24)22-14(11-18(19,20)21)9-13-10-15(25-2)5-8-17(13)22/h3-8,10,14H,9,11H2,1-2H3. The normalized spacial score (nSPS) is 17.3. The number of rotatable bonds is 4. The highest BCUT2D eigenvalue weighted by Crippen LogP contribution is 2.42. The van der Waals surface area contributed by atoms with Crippen LogP contribution in [0.4, 0.5) is 18.9 Å². The number of benzene rings is 2. The number of hydrogen-bond acceptors (Lipinski definition) is 3. The molecule has 0 saturated heterocycles. The van der Waals surface area contributed by atoms with Crippen molar-refractivity contribution in [1.29, 1.82) is 0 Å². The molecule has 1 aliphatic rings. The molecule has 0 aliphatic carbocycles. The summed E-state index contributed by atoms with van der Waals surface area (Å²) in [5, 5.41) is 0. The number of anilines is 1. The first-order valence-electron chi connectivity index (χ1n) is 7.96. The Balaban J connectivity index is 2.09. The van der Waals surface area contributed by atoms with Crippen LogP contribution in [-0.2, 0) is 16.4 Å². The van der Waals surface area contributed by atoms with Crippen LogP contribution in [0.15, 0.2) is 47.4 Å². The van der Waals surface area contributed by atoms with Crippen molar-refractivity contribution in [3.05, 3.63) is 53.6 Å². The number of fused-ring (bicyclic) bond motifs is 1. The predicted molar refractivity (Wildman–Crippen MR) is 92.0 cm³/mol. The molecule has 2 aromatic rings. The van der Waals surface area contributed by atoms with E-state index in [0.29, 0.717) is 11.3 Å². The Bertz CT molecular complexity index is 908. The van der Waals surface area contributed by atoms with Gasteiger partial charge in [-0.3, -0.25) is 4.31 Å². The van der Waals surface area contributed by atoms with Crippen LogP contribution in [-0.4, -0.2) is 27.7 Å². The first-order valence-corrected chi connectivity index (χ1v) is 9.40. The van der Waals surface area contributed by atoms with E-state index in [-0.39, 0.29) is 17.0 Å². The van der Waals surface area contributed by atoms with Crippen LogP contribution in [0.3, 0.4) is 0 Å². The first-order chi connectivity index (χ1) is 12.1. The highest BCUT2D eigenvalue weighted by molar-refractivity contribution is 7.92. The smallest absolute Gasteiger partial charge is 0.391 e. The Morgan fingerprint density at radius 3 is 2.38 bits per heavy atom. The fraction of sp³-hybridized carbons (Fsp3) is 0.333. The van der Waals surface area contributed by atoms with Gasteiger partial charge in [0.1, 0.15) is 5.75 Å². The van der Waals surface area contributed by atoms with Gasteiger partial charge in [-0.05, 0) is 49.2 Å². The highest BCUT2D eigenvalue weighted by Gasteiger charge is 2.44. The topological polar surface area (TPSA) is 46.6 Å². The van der Waals surface area contributed by atoms with Crippen molar-refractivity contribution < 1.29 is 26.3 Å². The third-order valence-electron chi connectivity index (χ3n) is 4.36. The maximum absolute atomic E-state index is 13.1. The Hall–Kier alpha value is -2.22. The van der Waals surface area contributed by atoms with Crippen LogP contribution in [0.5, 0.6) is 5.75 Å². The van der Waals surface area contributed by atoms with Crippen LogP contribution >= 0.6 is 0 Å². The lowest BCUT2D eigenvalue weighted by molar-refractivity contribution is -0.137. The molecule has 1 heterocycles. The van der Waals surface area contributed by atoms with Gasteiger partial charge in [0.25, 0.3) is 10.0 Å². The van der Waals surface area contributed by atoms with Gasteiger partial charge in [-0.2, -0.15) is 13.2 Å². The SMILES string of the molecule is COc1ccc2c(c1)CC(CC(F)(F)F)N2S(=O)(=O)c1ccc(C)cc1. The summed E-state index contributed by atoms with van der Waals surface area (Å²) in [6.07, 6.45) is -5.70. The second kappa shape index (κ2) is 6.50. The first kappa shape index (κ1) is 18.6. The van der Waals surface area contributed by atoms with Crippen LogP contribution in [0, 0.1) is 6.92 Å². The molecule has 1 unspecified atom stereocenters. The number of halogens is 3. The molecule has 0 saturated carbocycles. The van der Waals surface area contributed by atoms with E-state index in [4.69, 9.17) is 4.74 Å². The minimum atomic E-state index is -4.47. The fourth-order valence-electron chi connectivity index (χ4n) is 3.17. The summed E-state index contributed by atoms with van der Waals surface area (Å²) >= 11 is 0. The minimum absolute atomic E-state index is 0.0167. The number of nitrogens with zero attached hydrogens (tertiary/aromatic N) is 1. The molecule has 26 heavy (non-hydrogen) atoms. The molecular weight excluding hydrogens is 367 g/mol. The molecule has 8 heteroatoms. The molecular formula is C18H18F3NO3S. The third-order valence-corrected chi connectivity index (χ3v) is 6.24. The Kier molecular flexibility index (Phi) is 4.64. The van der Waals surface area contributed by atoms with Crippen molar-refractivity contribution in [1.82, 2.24) is 0 Å². The van der Waals surface area contributed by atoms with Gasteiger partial charge in [0, 0.05) is 0 Å². The summed E-state index contributed by atoms with van der Waals surface area (Å²) in [5.74, 6) is 0.476. The Morgan fingerprint density at radius 1 is 1.15 bits per heavy atom. The van der Waals surface area contributed by atoms with E-state index in [2.05, 4.69) is 0 Å². The molecule has 1 atom stereocenters. The van der Waals surface area contributed by atoms with Crippen molar-refractivity contribution in [2.75, 3.05) is 11.4 Å². The van der Waals surface area contributed by atoms with Crippen LogP contribution in [0.1, 0.15) is 17.5 Å². The van der Waals surface area contributed by atoms with Crippen molar-refractivity contribution in [3.63, 3.8) is 0 Å². The summed E-state index contributed by atoms with van der Waals surface area (Å²) < 4.78 is 71.3. The number of aryl methyl sites for hydroxylation is 1. The van der Waals surface area contributed by atoms with Crippen molar-refractivity contribution in [2.45, 2.75) is 36.9 Å². The molecule has 0 aromatic heterocycles. The second-order valence-corrected chi connectivity index (χ2v) is 8.10. The van der Waals surface area contributed by atoms with E-state index in [1.165, 1.54) is 25.3 Å². The molecule has 2 aromatic carbocycles. The van der Waals surface area contributed by atoms with Crippen molar-refractivity contribution >= 4 is 15.7 Å². The Morgan fingerprint density at radius 2 is 1.81 bits per heavy atom. The molecule has 0 N–H and O–H groups in total. The molecule has 1 aliphatic heterocycles. The average molecular weight is 385 g/mol. The van der Waals surface area contributed by atoms with Gasteiger partial charge in [-0.1, -0.05) is 17.7 Å². The molecule has 3 rings (SSSR count). The maximum atomic E-state index is 13.1. The zero-order valence-corrected chi connectivity index (χ0v) is 15.1. The average Bonchev–Trinajstić information content (AvgIpc) is 2.90. The largest absolute Gasteiger partial charge is 0.497 e. The van der Waals surface area contributed by atoms with E-state index in [9.17, 15) is 21.6 Å². The number of sulfonamides is 1. The number of hydrogen-bond donors (Lipinski definition) is 0. The lowest BCUT2D eigenvalue weighted by Gasteiger charge is -2.27. The zero-order chi connectivity index (χ0) is 19.1. The molecule has 0 spiro atoms. The third kappa shape index (κ3) is 3.51. The Labute approximate surface area is 150 Å². The van der Waals surface area contributed by atoms with E-state index in [1.807, 2.05) is 0 Å². The van der Waals surface area contributed by atoms with Crippen LogP contribution in [0.25, 0.3) is 0 Å². The summed E-state index contributed by atoms with van der Waals surface area (Å²) in [4.78, 5) is -0.0288. The van der Waals surface area contributed by atoms with E-state index in [0.717, 1.165) is 9.87 Å². The second-order valence-electron chi connectivity index (χ2n) is 6.29. The molecule has 0 amide bonds. The quantitative estimate of drug-likeness (QED) is 0.797. The van der Waals surface area contributed by atoms with E-state index < -0.39 is 28.7 Å².